The average Bonchev–Trinajstić information content (AvgIpc) is 3.04. The van der Waals surface area contributed by atoms with Crippen LogP contribution in [0.5, 0.6) is 0 Å². The van der Waals surface area contributed by atoms with Crippen molar-refractivity contribution in [3.05, 3.63) is 42.1 Å². The van der Waals surface area contributed by atoms with Crippen molar-refractivity contribution in [1.82, 2.24) is 15.0 Å². The summed E-state index contributed by atoms with van der Waals surface area (Å²) in [5, 5.41) is 0. The van der Waals surface area contributed by atoms with Gasteiger partial charge in [0, 0.05) is 18.9 Å². The van der Waals surface area contributed by atoms with Crippen LogP contribution in [-0.2, 0) is 9.47 Å². The summed E-state index contributed by atoms with van der Waals surface area (Å²) in [4.78, 5) is 26.1. The van der Waals surface area contributed by atoms with Crippen LogP contribution in [0, 0.1) is 0 Å². The molecule has 3 heterocycles. The SMILES string of the molecule is COCCN1C(=O)OC(C)c2cc3[nH]c(-c4ccccn4)nc3cc21. The molecule has 1 atom stereocenters. The maximum atomic E-state index is 12.2. The van der Waals surface area contributed by atoms with Crippen molar-refractivity contribution in [2.75, 3.05) is 25.2 Å². The number of aromatic nitrogens is 3. The number of ether oxygens (including phenoxy) is 2. The molecule has 25 heavy (non-hydrogen) atoms. The summed E-state index contributed by atoms with van der Waals surface area (Å²) in [5.41, 5.74) is 4.19. The largest absolute Gasteiger partial charge is 0.441 e. The first-order valence-corrected chi connectivity index (χ1v) is 8.09. The Kier molecular flexibility index (Phi) is 3.85. The summed E-state index contributed by atoms with van der Waals surface area (Å²) < 4.78 is 10.6. The Morgan fingerprint density at radius 2 is 2.24 bits per heavy atom. The fourth-order valence-electron chi connectivity index (χ4n) is 3.02. The van der Waals surface area contributed by atoms with Gasteiger partial charge in [-0.15, -0.1) is 0 Å². The highest BCUT2D eigenvalue weighted by atomic mass is 16.6. The van der Waals surface area contributed by atoms with E-state index in [-0.39, 0.29) is 12.2 Å². The molecule has 0 bridgehead atoms. The second kappa shape index (κ2) is 6.18. The molecule has 3 aromatic rings. The van der Waals surface area contributed by atoms with Gasteiger partial charge in [-0.25, -0.2) is 9.78 Å². The maximum Gasteiger partial charge on any atom is 0.414 e. The molecule has 4 rings (SSSR count). The number of methoxy groups -OCH3 is 1. The monoisotopic (exact) mass is 338 g/mol. The fraction of sp³-hybridized carbons (Fsp3) is 0.278. The van der Waals surface area contributed by atoms with E-state index < -0.39 is 0 Å². The number of anilines is 1. The van der Waals surface area contributed by atoms with Gasteiger partial charge in [-0.2, -0.15) is 0 Å². The molecule has 7 heteroatoms. The number of carbonyl (C=O) groups is 1. The minimum absolute atomic E-state index is 0.313. The zero-order chi connectivity index (χ0) is 17.4. The van der Waals surface area contributed by atoms with Gasteiger partial charge in [0.1, 0.15) is 11.8 Å². The van der Waals surface area contributed by atoms with Gasteiger partial charge in [-0.1, -0.05) is 6.07 Å². The number of aromatic amines is 1. The second-order valence-corrected chi connectivity index (χ2v) is 5.90. The van der Waals surface area contributed by atoms with Crippen LogP contribution >= 0.6 is 0 Å². The molecule has 0 spiro atoms. The Balaban J connectivity index is 1.82. The van der Waals surface area contributed by atoms with Crippen molar-refractivity contribution >= 4 is 22.8 Å². The predicted molar refractivity (Wildman–Crippen MR) is 93.4 cm³/mol. The van der Waals surface area contributed by atoms with Crippen molar-refractivity contribution in [2.24, 2.45) is 0 Å². The highest BCUT2D eigenvalue weighted by molar-refractivity contribution is 5.95. The highest BCUT2D eigenvalue weighted by Gasteiger charge is 2.31. The van der Waals surface area contributed by atoms with Crippen molar-refractivity contribution in [2.45, 2.75) is 13.0 Å². The van der Waals surface area contributed by atoms with Gasteiger partial charge in [0.05, 0.1) is 29.9 Å². The van der Waals surface area contributed by atoms with Crippen molar-refractivity contribution in [3.63, 3.8) is 0 Å². The van der Waals surface area contributed by atoms with Gasteiger partial charge in [-0.05, 0) is 31.2 Å². The van der Waals surface area contributed by atoms with Crippen molar-refractivity contribution in [1.29, 1.82) is 0 Å². The molecule has 1 amide bonds. The van der Waals surface area contributed by atoms with E-state index in [9.17, 15) is 4.79 Å². The number of pyridine rings is 1. The smallest absolute Gasteiger partial charge is 0.414 e. The molecule has 0 radical (unpaired) electrons. The zero-order valence-electron chi connectivity index (χ0n) is 14.0. The topological polar surface area (TPSA) is 80.3 Å². The van der Waals surface area contributed by atoms with Gasteiger partial charge in [0.15, 0.2) is 5.82 Å². The molecule has 1 N–H and O–H groups in total. The Labute approximate surface area is 144 Å². The Morgan fingerprint density at radius 3 is 3.00 bits per heavy atom. The Morgan fingerprint density at radius 1 is 1.36 bits per heavy atom. The molecule has 0 saturated heterocycles. The van der Waals surface area contributed by atoms with Crippen LogP contribution in [0.25, 0.3) is 22.6 Å². The number of hydrogen-bond donors (Lipinski definition) is 1. The first-order valence-electron chi connectivity index (χ1n) is 8.09. The minimum atomic E-state index is -0.364. The van der Waals surface area contributed by atoms with Gasteiger partial charge in [0.25, 0.3) is 0 Å². The molecular weight excluding hydrogens is 320 g/mol. The van der Waals surface area contributed by atoms with E-state index in [2.05, 4.69) is 15.0 Å². The highest BCUT2D eigenvalue weighted by Crippen LogP contribution is 2.37. The number of H-pyrrole nitrogens is 1. The van der Waals surface area contributed by atoms with E-state index in [1.54, 1.807) is 18.2 Å². The lowest BCUT2D eigenvalue weighted by atomic mass is 10.0. The van der Waals surface area contributed by atoms with Gasteiger partial charge < -0.3 is 14.5 Å². The number of imidazole rings is 1. The van der Waals surface area contributed by atoms with Crippen LogP contribution in [0.3, 0.4) is 0 Å². The van der Waals surface area contributed by atoms with E-state index >= 15 is 0 Å². The fourth-order valence-corrected chi connectivity index (χ4v) is 3.02. The predicted octanol–water partition coefficient (Wildman–Crippen LogP) is 3.29. The summed E-state index contributed by atoms with van der Waals surface area (Å²) >= 11 is 0. The summed E-state index contributed by atoms with van der Waals surface area (Å²) in [7, 11) is 1.61. The summed E-state index contributed by atoms with van der Waals surface area (Å²) in [6, 6.07) is 9.59. The van der Waals surface area contributed by atoms with Crippen LogP contribution in [-0.4, -0.2) is 41.3 Å². The number of hydrogen-bond acceptors (Lipinski definition) is 5. The van der Waals surface area contributed by atoms with Crippen molar-refractivity contribution in [3.8, 4) is 11.5 Å². The van der Waals surface area contributed by atoms with E-state index in [4.69, 9.17) is 9.47 Å². The van der Waals surface area contributed by atoms with Crippen LogP contribution in [0.4, 0.5) is 10.5 Å². The number of nitrogens with one attached hydrogen (secondary N) is 1. The minimum Gasteiger partial charge on any atom is -0.441 e. The van der Waals surface area contributed by atoms with Crippen LogP contribution < -0.4 is 4.90 Å². The van der Waals surface area contributed by atoms with E-state index in [1.807, 2.05) is 37.3 Å². The third-order valence-corrected chi connectivity index (χ3v) is 4.28. The number of amides is 1. The molecule has 0 aliphatic carbocycles. The molecule has 1 aromatic carbocycles. The molecule has 128 valence electrons. The molecule has 7 nitrogen and oxygen atoms in total. The lowest BCUT2D eigenvalue weighted by Gasteiger charge is -2.32. The lowest BCUT2D eigenvalue weighted by molar-refractivity contribution is 0.105. The molecule has 1 unspecified atom stereocenters. The maximum absolute atomic E-state index is 12.2. The molecule has 0 fully saturated rings. The summed E-state index contributed by atoms with van der Waals surface area (Å²) in [6.07, 6.45) is 1.05. The Hall–Kier alpha value is -2.93. The van der Waals surface area contributed by atoms with E-state index in [0.29, 0.717) is 19.0 Å². The number of benzene rings is 1. The summed E-state index contributed by atoms with van der Waals surface area (Å²) in [5.74, 6) is 0.696. The van der Waals surface area contributed by atoms with Crippen molar-refractivity contribution < 1.29 is 14.3 Å². The van der Waals surface area contributed by atoms with Crippen LogP contribution in [0.1, 0.15) is 18.6 Å². The number of nitrogens with zero attached hydrogens (tertiary/aromatic N) is 3. The van der Waals surface area contributed by atoms with Crippen LogP contribution in [0.2, 0.25) is 0 Å². The first-order chi connectivity index (χ1) is 12.2. The third kappa shape index (κ3) is 2.72. The first kappa shape index (κ1) is 15.6. The number of fused-ring (bicyclic) bond motifs is 2. The molecule has 2 aromatic heterocycles. The lowest BCUT2D eigenvalue weighted by Crippen LogP contribution is -2.39. The number of cyclic esters (lactones) is 1. The average molecular weight is 338 g/mol. The zero-order valence-corrected chi connectivity index (χ0v) is 14.0. The molecule has 1 aliphatic rings. The number of rotatable bonds is 4. The third-order valence-electron chi connectivity index (χ3n) is 4.28. The molecular formula is C18H18N4O3. The van der Waals surface area contributed by atoms with Gasteiger partial charge in [-0.3, -0.25) is 9.88 Å². The standard InChI is InChI=1S/C18H18N4O3/c1-11-12-9-14-15(21-17(20-14)13-5-3-4-6-19-13)10-16(12)22(7-8-24-2)18(23)25-11/h3-6,9-11H,7-8H2,1-2H3,(H,20,21). The quantitative estimate of drug-likeness (QED) is 0.789. The van der Waals surface area contributed by atoms with Gasteiger partial charge in [0.2, 0.25) is 0 Å². The van der Waals surface area contributed by atoms with Gasteiger partial charge >= 0.3 is 6.09 Å². The van der Waals surface area contributed by atoms with E-state index in [1.165, 1.54) is 0 Å². The Bertz CT molecular complexity index is 923. The molecule has 0 saturated carbocycles. The van der Waals surface area contributed by atoms with E-state index in [0.717, 1.165) is 28.0 Å². The second-order valence-electron chi connectivity index (χ2n) is 5.90. The normalized spacial score (nSPS) is 16.8. The van der Waals surface area contributed by atoms with Crippen LogP contribution in [0.15, 0.2) is 36.5 Å². The molecule has 1 aliphatic heterocycles. The summed E-state index contributed by atoms with van der Waals surface area (Å²) in [6.45, 7) is 2.73. The number of carbonyl (C=O) groups excluding carboxylic acids is 1.